The van der Waals surface area contributed by atoms with Gasteiger partial charge in [0.15, 0.2) is 5.89 Å². The summed E-state index contributed by atoms with van der Waals surface area (Å²) >= 11 is 0. The second kappa shape index (κ2) is 1.59. The van der Waals surface area contributed by atoms with Gasteiger partial charge >= 0.3 is 0 Å². The Balaban J connectivity index is 2.28. The van der Waals surface area contributed by atoms with Crippen LogP contribution in [-0.2, 0) is 0 Å². The van der Waals surface area contributed by atoms with Crippen LogP contribution >= 0.6 is 0 Å². The lowest BCUT2D eigenvalue weighted by Gasteiger charge is -1.83. The van der Waals surface area contributed by atoms with Crippen LogP contribution in [0.15, 0.2) is 10.6 Å². The fraction of sp³-hybridized carbons (Fsp3) is 0.571. The van der Waals surface area contributed by atoms with Crippen molar-refractivity contribution in [3.63, 3.8) is 0 Å². The number of rotatable bonds is 1. The van der Waals surface area contributed by atoms with E-state index in [9.17, 15) is 0 Å². The molecule has 0 N–H and O–H groups in total. The van der Waals surface area contributed by atoms with E-state index in [2.05, 4.69) is 4.98 Å². The van der Waals surface area contributed by atoms with E-state index in [0.717, 1.165) is 11.7 Å². The maximum Gasteiger partial charge on any atom is 0.191 e. The lowest BCUT2D eigenvalue weighted by atomic mass is 10.3. The van der Waals surface area contributed by atoms with Crippen molar-refractivity contribution in [2.24, 2.45) is 0 Å². The molecule has 2 heteroatoms. The molecule has 0 unspecified atom stereocenters. The largest absolute Gasteiger partial charge is 0.446 e. The number of aromatic nitrogens is 1. The Morgan fingerprint density at radius 2 is 2.44 bits per heavy atom. The van der Waals surface area contributed by atoms with Crippen LogP contribution in [0.4, 0.5) is 0 Å². The van der Waals surface area contributed by atoms with E-state index < -0.39 is 0 Å². The number of oxazole rings is 1. The Bertz CT molecular complexity index is 212. The molecule has 0 amide bonds. The van der Waals surface area contributed by atoms with Crippen LogP contribution in [0.1, 0.15) is 30.4 Å². The second-order valence-corrected chi connectivity index (χ2v) is 2.56. The molecular formula is C7H9NO. The van der Waals surface area contributed by atoms with Gasteiger partial charge in [-0.3, -0.25) is 0 Å². The minimum absolute atomic E-state index is 0.700. The molecule has 2 rings (SSSR count). The van der Waals surface area contributed by atoms with Gasteiger partial charge in [0.1, 0.15) is 5.76 Å². The number of aryl methyl sites for hydroxylation is 1. The summed E-state index contributed by atoms with van der Waals surface area (Å²) < 4.78 is 5.30. The topological polar surface area (TPSA) is 26.0 Å². The van der Waals surface area contributed by atoms with Crippen LogP contribution in [0.3, 0.4) is 0 Å². The third-order valence-electron chi connectivity index (χ3n) is 1.62. The first kappa shape index (κ1) is 5.03. The zero-order valence-corrected chi connectivity index (χ0v) is 5.42. The van der Waals surface area contributed by atoms with Gasteiger partial charge in [-0.2, -0.15) is 0 Å². The molecule has 0 spiro atoms. The monoisotopic (exact) mass is 123 g/mol. The molecule has 1 saturated carbocycles. The maximum atomic E-state index is 5.30. The highest BCUT2D eigenvalue weighted by Crippen LogP contribution is 2.39. The molecule has 1 aromatic heterocycles. The zero-order valence-electron chi connectivity index (χ0n) is 5.42. The van der Waals surface area contributed by atoms with Crippen molar-refractivity contribution in [1.82, 2.24) is 4.98 Å². The molecule has 0 saturated heterocycles. The summed E-state index contributed by atoms with van der Waals surface area (Å²) in [5.74, 6) is 2.57. The van der Waals surface area contributed by atoms with Crippen LogP contribution in [-0.4, -0.2) is 4.98 Å². The van der Waals surface area contributed by atoms with Gasteiger partial charge in [-0.05, 0) is 12.8 Å². The zero-order chi connectivity index (χ0) is 6.27. The van der Waals surface area contributed by atoms with Gasteiger partial charge in [0, 0.05) is 12.8 Å². The molecule has 9 heavy (non-hydrogen) atoms. The summed E-state index contributed by atoms with van der Waals surface area (Å²) in [5, 5.41) is 0. The van der Waals surface area contributed by atoms with Gasteiger partial charge in [-0.25, -0.2) is 4.98 Å². The molecule has 0 aromatic carbocycles. The minimum Gasteiger partial charge on any atom is -0.446 e. The normalized spacial score (nSPS) is 18.3. The van der Waals surface area contributed by atoms with E-state index in [1.54, 1.807) is 0 Å². The number of hydrogen-bond donors (Lipinski definition) is 0. The maximum absolute atomic E-state index is 5.30. The predicted molar refractivity (Wildman–Crippen MR) is 33.2 cm³/mol. The van der Waals surface area contributed by atoms with Gasteiger partial charge in [0.25, 0.3) is 0 Å². The van der Waals surface area contributed by atoms with Gasteiger partial charge in [0.2, 0.25) is 0 Å². The van der Waals surface area contributed by atoms with Crippen molar-refractivity contribution in [2.75, 3.05) is 0 Å². The SMILES string of the molecule is Cc1ncc(C2CC2)o1. The summed E-state index contributed by atoms with van der Waals surface area (Å²) in [6, 6.07) is 0. The third-order valence-corrected chi connectivity index (χ3v) is 1.62. The second-order valence-electron chi connectivity index (χ2n) is 2.56. The average molecular weight is 123 g/mol. The van der Waals surface area contributed by atoms with Crippen molar-refractivity contribution < 1.29 is 4.42 Å². The molecule has 1 aliphatic rings. The Morgan fingerprint density at radius 3 is 2.89 bits per heavy atom. The van der Waals surface area contributed by atoms with E-state index in [0.29, 0.717) is 5.92 Å². The standard InChI is InChI=1S/C7H9NO/c1-5-8-4-7(9-5)6-2-3-6/h4,6H,2-3H2,1H3. The van der Waals surface area contributed by atoms with Crippen LogP contribution in [0.5, 0.6) is 0 Å². The summed E-state index contributed by atoms with van der Waals surface area (Å²) in [6.45, 7) is 1.88. The van der Waals surface area contributed by atoms with Crippen LogP contribution < -0.4 is 0 Å². The molecule has 0 radical (unpaired) electrons. The third kappa shape index (κ3) is 0.846. The summed E-state index contributed by atoms with van der Waals surface area (Å²) in [4.78, 5) is 4.01. The van der Waals surface area contributed by atoms with Crippen molar-refractivity contribution >= 4 is 0 Å². The molecule has 0 bridgehead atoms. The van der Waals surface area contributed by atoms with Crippen molar-refractivity contribution in [3.05, 3.63) is 17.8 Å². The summed E-state index contributed by atoms with van der Waals surface area (Å²) in [7, 11) is 0. The first-order valence-electron chi connectivity index (χ1n) is 3.28. The van der Waals surface area contributed by atoms with E-state index in [1.807, 2.05) is 13.1 Å². The molecular weight excluding hydrogens is 114 g/mol. The van der Waals surface area contributed by atoms with E-state index in [1.165, 1.54) is 12.8 Å². The fourth-order valence-electron chi connectivity index (χ4n) is 0.934. The van der Waals surface area contributed by atoms with Gasteiger partial charge in [-0.15, -0.1) is 0 Å². The Labute approximate surface area is 53.9 Å². The van der Waals surface area contributed by atoms with Crippen LogP contribution in [0.2, 0.25) is 0 Å². The van der Waals surface area contributed by atoms with Crippen molar-refractivity contribution in [3.8, 4) is 0 Å². The van der Waals surface area contributed by atoms with Gasteiger partial charge in [0.05, 0.1) is 6.20 Å². The molecule has 1 aromatic rings. The van der Waals surface area contributed by atoms with E-state index in [-0.39, 0.29) is 0 Å². The number of hydrogen-bond acceptors (Lipinski definition) is 2. The lowest BCUT2D eigenvalue weighted by Crippen LogP contribution is -1.67. The first-order chi connectivity index (χ1) is 4.36. The van der Waals surface area contributed by atoms with E-state index in [4.69, 9.17) is 4.42 Å². The first-order valence-corrected chi connectivity index (χ1v) is 3.28. The Kier molecular flexibility index (Phi) is 0.891. The highest BCUT2D eigenvalue weighted by atomic mass is 16.4. The van der Waals surface area contributed by atoms with Crippen molar-refractivity contribution in [2.45, 2.75) is 25.7 Å². The molecule has 0 atom stereocenters. The lowest BCUT2D eigenvalue weighted by molar-refractivity contribution is 0.476. The highest BCUT2D eigenvalue weighted by Gasteiger charge is 2.26. The summed E-state index contributed by atoms with van der Waals surface area (Å²) in [6.07, 6.45) is 4.41. The Hall–Kier alpha value is -0.790. The molecule has 1 heterocycles. The van der Waals surface area contributed by atoms with Crippen LogP contribution in [0.25, 0.3) is 0 Å². The minimum atomic E-state index is 0.700. The van der Waals surface area contributed by atoms with Gasteiger partial charge in [-0.1, -0.05) is 0 Å². The van der Waals surface area contributed by atoms with Crippen molar-refractivity contribution in [1.29, 1.82) is 0 Å². The molecule has 2 nitrogen and oxygen atoms in total. The molecule has 1 aliphatic carbocycles. The average Bonchev–Trinajstić information content (AvgIpc) is 2.58. The smallest absolute Gasteiger partial charge is 0.191 e. The Morgan fingerprint density at radius 1 is 1.67 bits per heavy atom. The molecule has 0 aliphatic heterocycles. The molecule has 48 valence electrons. The quantitative estimate of drug-likeness (QED) is 0.569. The van der Waals surface area contributed by atoms with Crippen LogP contribution in [0, 0.1) is 6.92 Å². The highest BCUT2D eigenvalue weighted by molar-refractivity contribution is 5.07. The fourth-order valence-corrected chi connectivity index (χ4v) is 0.934. The van der Waals surface area contributed by atoms with E-state index >= 15 is 0 Å². The van der Waals surface area contributed by atoms with Gasteiger partial charge < -0.3 is 4.42 Å². The predicted octanol–water partition coefficient (Wildman–Crippen LogP) is 1.86. The number of nitrogens with zero attached hydrogens (tertiary/aromatic N) is 1. The molecule has 1 fully saturated rings. The summed E-state index contributed by atoms with van der Waals surface area (Å²) in [5.41, 5.74) is 0.